The third-order valence-corrected chi connectivity index (χ3v) is 5.35. The summed E-state index contributed by atoms with van der Waals surface area (Å²) < 4.78 is 0. The minimum atomic E-state index is -0.364. The lowest BCUT2D eigenvalue weighted by molar-refractivity contribution is -0.149. The number of benzene rings is 2. The van der Waals surface area contributed by atoms with Gasteiger partial charge in [-0.3, -0.25) is 14.5 Å². The number of piperazine rings is 2. The van der Waals surface area contributed by atoms with Gasteiger partial charge < -0.3 is 10.2 Å². The second kappa shape index (κ2) is 7.30. The van der Waals surface area contributed by atoms with Gasteiger partial charge in [0.25, 0.3) is 0 Å². The maximum atomic E-state index is 12.2. The van der Waals surface area contributed by atoms with Crippen molar-refractivity contribution in [2.24, 2.45) is 0 Å². The van der Waals surface area contributed by atoms with Crippen LogP contribution in [0.4, 0.5) is 0 Å². The fourth-order valence-corrected chi connectivity index (χ4v) is 3.94. The van der Waals surface area contributed by atoms with Crippen LogP contribution in [0.15, 0.2) is 60.7 Å². The topological polar surface area (TPSA) is 52.7 Å². The molecule has 5 nitrogen and oxygen atoms in total. The standard InChI is InChI=1S/C21H23N3O2/c25-20-13-22-21(26)19-15-23(11-12-24(19)20)14-18(16-7-3-1-4-8-16)17-9-5-2-6-10-17/h1-10,18-19H,11-15H2,(H,22,26)/t19-/m0/s1. The molecule has 2 aromatic carbocycles. The highest BCUT2D eigenvalue weighted by molar-refractivity contribution is 5.95. The summed E-state index contributed by atoms with van der Waals surface area (Å²) in [6.07, 6.45) is 0. The lowest BCUT2D eigenvalue weighted by atomic mass is 9.90. The molecule has 0 radical (unpaired) electrons. The number of carbonyl (C=O) groups is 2. The molecule has 2 amide bonds. The molecule has 1 N–H and O–H groups in total. The van der Waals surface area contributed by atoms with Crippen molar-refractivity contribution in [3.63, 3.8) is 0 Å². The van der Waals surface area contributed by atoms with Crippen LogP contribution in [0.5, 0.6) is 0 Å². The number of hydrogen-bond donors (Lipinski definition) is 1. The highest BCUT2D eigenvalue weighted by Crippen LogP contribution is 2.27. The molecule has 0 aromatic heterocycles. The van der Waals surface area contributed by atoms with Crippen LogP contribution in [0.2, 0.25) is 0 Å². The zero-order chi connectivity index (χ0) is 17.9. The summed E-state index contributed by atoms with van der Waals surface area (Å²) in [5.74, 6) is 0.230. The van der Waals surface area contributed by atoms with Crippen molar-refractivity contribution in [2.75, 3.05) is 32.7 Å². The van der Waals surface area contributed by atoms with E-state index in [-0.39, 0.29) is 30.3 Å². The van der Waals surface area contributed by atoms with Crippen molar-refractivity contribution in [2.45, 2.75) is 12.0 Å². The molecule has 5 heteroatoms. The summed E-state index contributed by atoms with van der Waals surface area (Å²) in [5.41, 5.74) is 2.54. The molecule has 0 bridgehead atoms. The molecular weight excluding hydrogens is 326 g/mol. The van der Waals surface area contributed by atoms with Gasteiger partial charge in [0.1, 0.15) is 6.04 Å². The average molecular weight is 349 g/mol. The SMILES string of the molecule is O=C1NCC(=O)N2CCN(CC(c3ccccc3)c3ccccc3)C[C@@H]12. The summed E-state index contributed by atoms with van der Waals surface area (Å²) in [5, 5.41) is 2.71. The second-order valence-corrected chi connectivity index (χ2v) is 6.95. The Hall–Kier alpha value is -2.66. The van der Waals surface area contributed by atoms with Crippen LogP contribution in [0, 0.1) is 0 Å². The van der Waals surface area contributed by atoms with E-state index in [1.165, 1.54) is 11.1 Å². The first-order valence-electron chi connectivity index (χ1n) is 9.12. The van der Waals surface area contributed by atoms with Gasteiger partial charge >= 0.3 is 0 Å². The zero-order valence-electron chi connectivity index (χ0n) is 14.7. The fourth-order valence-electron chi connectivity index (χ4n) is 3.94. The molecule has 2 heterocycles. The Morgan fingerprint density at radius 1 is 0.923 bits per heavy atom. The number of nitrogens with one attached hydrogen (secondary N) is 1. The Kier molecular flexibility index (Phi) is 4.71. The molecule has 1 atom stereocenters. The number of rotatable bonds is 4. The van der Waals surface area contributed by atoms with Crippen molar-refractivity contribution < 1.29 is 9.59 Å². The van der Waals surface area contributed by atoms with Crippen LogP contribution in [-0.2, 0) is 9.59 Å². The Bertz CT molecular complexity index is 739. The highest BCUT2D eigenvalue weighted by Gasteiger charge is 2.39. The van der Waals surface area contributed by atoms with Crippen LogP contribution in [0.3, 0.4) is 0 Å². The quantitative estimate of drug-likeness (QED) is 0.909. The molecule has 134 valence electrons. The van der Waals surface area contributed by atoms with Crippen LogP contribution < -0.4 is 5.32 Å². The molecule has 2 saturated heterocycles. The smallest absolute Gasteiger partial charge is 0.244 e. The van der Waals surface area contributed by atoms with E-state index in [9.17, 15) is 9.59 Å². The second-order valence-electron chi connectivity index (χ2n) is 6.95. The maximum absolute atomic E-state index is 12.2. The Morgan fingerprint density at radius 2 is 1.54 bits per heavy atom. The monoisotopic (exact) mass is 349 g/mol. The number of fused-ring (bicyclic) bond motifs is 1. The Labute approximate surface area is 153 Å². The van der Waals surface area contributed by atoms with E-state index in [0.29, 0.717) is 13.1 Å². The fraction of sp³-hybridized carbons (Fsp3) is 0.333. The molecule has 2 fully saturated rings. The van der Waals surface area contributed by atoms with Gasteiger partial charge in [-0.25, -0.2) is 0 Å². The van der Waals surface area contributed by atoms with Crippen molar-refractivity contribution in [3.8, 4) is 0 Å². The molecule has 0 unspecified atom stereocenters. The number of nitrogens with zero attached hydrogens (tertiary/aromatic N) is 2. The van der Waals surface area contributed by atoms with Gasteiger partial charge in [-0.2, -0.15) is 0 Å². The van der Waals surface area contributed by atoms with Crippen molar-refractivity contribution in [3.05, 3.63) is 71.8 Å². The third kappa shape index (κ3) is 3.35. The van der Waals surface area contributed by atoms with Crippen molar-refractivity contribution >= 4 is 11.8 Å². The largest absolute Gasteiger partial charge is 0.345 e. The minimum absolute atomic E-state index is 0.0249. The normalized spacial score (nSPS) is 20.8. The summed E-state index contributed by atoms with van der Waals surface area (Å²) in [4.78, 5) is 28.3. The number of hydrogen-bond acceptors (Lipinski definition) is 3. The molecule has 0 saturated carbocycles. The first-order chi connectivity index (χ1) is 12.7. The van der Waals surface area contributed by atoms with Gasteiger partial charge in [0.15, 0.2) is 0 Å². The van der Waals surface area contributed by atoms with Crippen LogP contribution >= 0.6 is 0 Å². The van der Waals surface area contributed by atoms with E-state index < -0.39 is 0 Å². The third-order valence-electron chi connectivity index (χ3n) is 5.35. The van der Waals surface area contributed by atoms with Gasteiger partial charge in [-0.05, 0) is 11.1 Å². The molecule has 0 aliphatic carbocycles. The predicted octanol–water partition coefficient (Wildman–Crippen LogP) is 1.46. The average Bonchev–Trinajstić information content (AvgIpc) is 2.70. The van der Waals surface area contributed by atoms with Gasteiger partial charge in [-0.1, -0.05) is 60.7 Å². The molecule has 2 aliphatic heterocycles. The van der Waals surface area contributed by atoms with Gasteiger partial charge in [0, 0.05) is 32.1 Å². The van der Waals surface area contributed by atoms with Gasteiger partial charge in [0.05, 0.1) is 6.54 Å². The van der Waals surface area contributed by atoms with Crippen LogP contribution in [-0.4, -0.2) is 60.4 Å². The van der Waals surface area contributed by atoms with E-state index in [2.05, 4.69) is 58.7 Å². The molecule has 2 aromatic rings. The Morgan fingerprint density at radius 3 is 2.15 bits per heavy atom. The van der Waals surface area contributed by atoms with Crippen molar-refractivity contribution in [1.82, 2.24) is 15.1 Å². The number of carbonyl (C=O) groups excluding carboxylic acids is 2. The molecule has 0 spiro atoms. The first-order valence-corrected chi connectivity index (χ1v) is 9.12. The highest BCUT2D eigenvalue weighted by atomic mass is 16.2. The summed E-state index contributed by atoms with van der Waals surface area (Å²) in [7, 11) is 0. The molecule has 26 heavy (non-hydrogen) atoms. The summed E-state index contributed by atoms with van der Waals surface area (Å²) in [6, 6.07) is 20.6. The molecular formula is C21H23N3O2. The van der Waals surface area contributed by atoms with E-state index in [4.69, 9.17) is 0 Å². The van der Waals surface area contributed by atoms with E-state index in [1.54, 1.807) is 4.90 Å². The minimum Gasteiger partial charge on any atom is -0.345 e. The summed E-state index contributed by atoms with van der Waals surface area (Å²) >= 11 is 0. The van der Waals surface area contributed by atoms with Crippen molar-refractivity contribution in [1.29, 1.82) is 0 Å². The Balaban J connectivity index is 1.55. The van der Waals surface area contributed by atoms with E-state index in [1.807, 2.05) is 12.1 Å². The first kappa shape index (κ1) is 16.8. The molecule has 4 rings (SSSR count). The van der Waals surface area contributed by atoms with Crippen LogP contribution in [0.1, 0.15) is 17.0 Å². The van der Waals surface area contributed by atoms with Gasteiger partial charge in [-0.15, -0.1) is 0 Å². The zero-order valence-corrected chi connectivity index (χ0v) is 14.7. The number of amides is 2. The van der Waals surface area contributed by atoms with E-state index in [0.717, 1.165) is 13.1 Å². The lowest BCUT2D eigenvalue weighted by Gasteiger charge is -2.43. The maximum Gasteiger partial charge on any atom is 0.244 e. The lowest BCUT2D eigenvalue weighted by Crippen LogP contribution is -2.66. The van der Waals surface area contributed by atoms with E-state index >= 15 is 0 Å². The molecule has 2 aliphatic rings. The predicted molar refractivity (Wildman–Crippen MR) is 99.7 cm³/mol. The van der Waals surface area contributed by atoms with Gasteiger partial charge in [0.2, 0.25) is 11.8 Å². The summed E-state index contributed by atoms with van der Waals surface area (Å²) in [6.45, 7) is 2.97. The van der Waals surface area contributed by atoms with Crippen LogP contribution in [0.25, 0.3) is 0 Å².